The third kappa shape index (κ3) is 3.75. The molecule has 1 aromatic carbocycles. The van der Waals surface area contributed by atoms with Crippen molar-refractivity contribution >= 4 is 27.5 Å². The molecule has 0 N–H and O–H groups in total. The van der Waals surface area contributed by atoms with Crippen LogP contribution in [0.1, 0.15) is 29.3 Å². The Hall–Kier alpha value is -2.02. The van der Waals surface area contributed by atoms with Gasteiger partial charge in [0.05, 0.1) is 11.3 Å². The molecule has 1 heterocycles. The molecule has 0 unspecified atom stereocenters. The van der Waals surface area contributed by atoms with Crippen LogP contribution < -0.4 is 0 Å². The van der Waals surface area contributed by atoms with Crippen molar-refractivity contribution in [2.45, 2.75) is 26.3 Å². The first-order valence-electron chi connectivity index (χ1n) is 6.50. The highest BCUT2D eigenvalue weighted by atomic mass is 79.9. The van der Waals surface area contributed by atoms with Gasteiger partial charge in [-0.15, -0.1) is 0 Å². The van der Waals surface area contributed by atoms with E-state index in [1.807, 2.05) is 12.1 Å². The zero-order valence-electron chi connectivity index (χ0n) is 11.5. The number of aromatic nitrogens is 2. The number of hydrogen-bond acceptors (Lipinski definition) is 4. The van der Waals surface area contributed by atoms with E-state index in [0.717, 1.165) is 12.8 Å². The fourth-order valence-electron chi connectivity index (χ4n) is 1.98. The van der Waals surface area contributed by atoms with Crippen molar-refractivity contribution in [2.24, 2.45) is 0 Å². The molecule has 0 aliphatic rings. The molecular weight excluding hydrogens is 338 g/mol. The molecule has 2 aromatic rings. The van der Waals surface area contributed by atoms with E-state index in [2.05, 4.69) is 28.0 Å². The molecule has 0 radical (unpaired) electrons. The van der Waals surface area contributed by atoms with Crippen LogP contribution in [-0.4, -0.2) is 20.5 Å². The molecule has 0 atom stereocenters. The standard InChI is InChI=1S/C14H14BrN3O3/c1-2-3-10-4-6-11(7-5-10)13(19)9-17-8-12(15)14(16-17)18(20)21/h4-8H,2-3,9H2,1H3. The fraction of sp³-hybridized carbons (Fsp3) is 0.286. The third-order valence-corrected chi connectivity index (χ3v) is 3.55. The maximum atomic E-state index is 12.1. The molecule has 0 saturated heterocycles. The van der Waals surface area contributed by atoms with Crippen molar-refractivity contribution in [3.63, 3.8) is 0 Å². The Morgan fingerprint density at radius 3 is 2.57 bits per heavy atom. The van der Waals surface area contributed by atoms with Crippen LogP contribution in [0.5, 0.6) is 0 Å². The van der Waals surface area contributed by atoms with Crippen molar-refractivity contribution in [1.82, 2.24) is 9.78 Å². The van der Waals surface area contributed by atoms with Crippen molar-refractivity contribution in [3.8, 4) is 0 Å². The summed E-state index contributed by atoms with van der Waals surface area (Å²) >= 11 is 3.05. The van der Waals surface area contributed by atoms with Crippen LogP contribution in [0.2, 0.25) is 0 Å². The largest absolute Gasteiger partial charge is 0.404 e. The second-order valence-corrected chi connectivity index (χ2v) is 5.48. The highest BCUT2D eigenvalue weighted by Crippen LogP contribution is 2.22. The number of nitrogens with zero attached hydrogens (tertiary/aromatic N) is 3. The van der Waals surface area contributed by atoms with E-state index < -0.39 is 4.92 Å². The van der Waals surface area contributed by atoms with Gasteiger partial charge in [-0.3, -0.25) is 4.79 Å². The Bertz CT molecular complexity index is 665. The van der Waals surface area contributed by atoms with Crippen molar-refractivity contribution < 1.29 is 9.72 Å². The van der Waals surface area contributed by atoms with Gasteiger partial charge in [-0.05, 0) is 32.8 Å². The Balaban J connectivity index is 2.10. The summed E-state index contributed by atoms with van der Waals surface area (Å²) in [6.45, 7) is 2.07. The molecule has 0 spiro atoms. The molecule has 7 heteroatoms. The topological polar surface area (TPSA) is 78.0 Å². The number of ketones is 1. The summed E-state index contributed by atoms with van der Waals surface area (Å²) in [7, 11) is 0. The van der Waals surface area contributed by atoms with E-state index in [-0.39, 0.29) is 22.6 Å². The number of Topliss-reactive ketones (excluding diaryl/α,β-unsaturated/α-hetero) is 1. The van der Waals surface area contributed by atoms with Crippen LogP contribution in [0.25, 0.3) is 0 Å². The van der Waals surface area contributed by atoms with Crippen molar-refractivity contribution in [1.29, 1.82) is 0 Å². The lowest BCUT2D eigenvalue weighted by molar-refractivity contribution is -0.390. The van der Waals surface area contributed by atoms with Gasteiger partial charge in [0.2, 0.25) is 0 Å². The normalized spacial score (nSPS) is 10.6. The lowest BCUT2D eigenvalue weighted by atomic mass is 10.1. The highest BCUT2D eigenvalue weighted by Gasteiger charge is 2.20. The molecule has 0 amide bonds. The molecule has 0 saturated carbocycles. The Kier molecular flexibility index (Phi) is 4.85. The molecule has 0 aliphatic carbocycles. The number of carbonyl (C=O) groups excluding carboxylic acids is 1. The van der Waals surface area contributed by atoms with Gasteiger partial charge in [-0.1, -0.05) is 37.6 Å². The van der Waals surface area contributed by atoms with Crippen LogP contribution in [0.4, 0.5) is 5.82 Å². The van der Waals surface area contributed by atoms with Crippen LogP contribution in [0.15, 0.2) is 34.9 Å². The molecule has 2 rings (SSSR count). The Morgan fingerprint density at radius 2 is 2.05 bits per heavy atom. The fourth-order valence-corrected chi connectivity index (χ4v) is 2.44. The molecule has 21 heavy (non-hydrogen) atoms. The molecule has 1 aromatic heterocycles. The average Bonchev–Trinajstić information content (AvgIpc) is 2.81. The van der Waals surface area contributed by atoms with Gasteiger partial charge in [-0.2, -0.15) is 4.68 Å². The van der Waals surface area contributed by atoms with Gasteiger partial charge < -0.3 is 10.1 Å². The van der Waals surface area contributed by atoms with E-state index in [1.165, 1.54) is 16.4 Å². The first kappa shape index (κ1) is 15.4. The van der Waals surface area contributed by atoms with Crippen LogP contribution in [0, 0.1) is 10.1 Å². The number of nitro groups is 1. The number of rotatable bonds is 6. The Morgan fingerprint density at radius 1 is 1.38 bits per heavy atom. The maximum absolute atomic E-state index is 12.1. The predicted octanol–water partition coefficient (Wildman–Crippen LogP) is 3.39. The number of carbonyl (C=O) groups is 1. The summed E-state index contributed by atoms with van der Waals surface area (Å²) in [5.41, 5.74) is 1.76. The Labute approximate surface area is 130 Å². The minimum absolute atomic E-state index is 0.0282. The third-order valence-electron chi connectivity index (χ3n) is 2.99. The quantitative estimate of drug-likeness (QED) is 0.454. The maximum Gasteiger partial charge on any atom is 0.404 e. The lowest BCUT2D eigenvalue weighted by Crippen LogP contribution is -2.11. The van der Waals surface area contributed by atoms with E-state index in [1.54, 1.807) is 12.1 Å². The van der Waals surface area contributed by atoms with Crippen LogP contribution >= 0.6 is 15.9 Å². The number of halogens is 1. The van der Waals surface area contributed by atoms with E-state index in [9.17, 15) is 14.9 Å². The van der Waals surface area contributed by atoms with Gasteiger partial charge >= 0.3 is 5.82 Å². The molecule has 110 valence electrons. The van der Waals surface area contributed by atoms with E-state index in [0.29, 0.717) is 5.56 Å². The SMILES string of the molecule is CCCc1ccc(C(=O)Cn2cc(Br)c([N+](=O)[O-])n2)cc1. The molecule has 6 nitrogen and oxygen atoms in total. The summed E-state index contributed by atoms with van der Waals surface area (Å²) in [6, 6.07) is 7.41. The van der Waals surface area contributed by atoms with Crippen molar-refractivity contribution in [2.75, 3.05) is 0 Å². The second-order valence-electron chi connectivity index (χ2n) is 4.63. The average molecular weight is 352 g/mol. The zero-order chi connectivity index (χ0) is 15.4. The van der Waals surface area contributed by atoms with Gasteiger partial charge in [0, 0.05) is 5.56 Å². The van der Waals surface area contributed by atoms with E-state index in [4.69, 9.17) is 0 Å². The molecule has 0 fully saturated rings. The van der Waals surface area contributed by atoms with Gasteiger partial charge in [0.15, 0.2) is 5.78 Å². The number of aryl methyl sites for hydroxylation is 1. The molecule has 0 aliphatic heterocycles. The van der Waals surface area contributed by atoms with Crippen molar-refractivity contribution in [3.05, 3.63) is 56.2 Å². The van der Waals surface area contributed by atoms with Crippen LogP contribution in [0.3, 0.4) is 0 Å². The van der Waals surface area contributed by atoms with Gasteiger partial charge in [0.25, 0.3) is 0 Å². The first-order chi connectivity index (χ1) is 10.0. The number of benzene rings is 1. The van der Waals surface area contributed by atoms with Gasteiger partial charge in [0.1, 0.15) is 11.0 Å². The lowest BCUT2D eigenvalue weighted by Gasteiger charge is -2.02. The predicted molar refractivity (Wildman–Crippen MR) is 81.3 cm³/mol. The van der Waals surface area contributed by atoms with Gasteiger partial charge in [-0.25, -0.2) is 0 Å². The van der Waals surface area contributed by atoms with Crippen LogP contribution in [-0.2, 0) is 13.0 Å². The summed E-state index contributed by atoms with van der Waals surface area (Å²) in [6.07, 6.45) is 3.46. The minimum Gasteiger partial charge on any atom is -0.358 e. The summed E-state index contributed by atoms with van der Waals surface area (Å²) in [4.78, 5) is 22.2. The zero-order valence-corrected chi connectivity index (χ0v) is 13.0. The summed E-state index contributed by atoms with van der Waals surface area (Å²) in [5, 5.41) is 14.5. The number of hydrogen-bond donors (Lipinski definition) is 0. The highest BCUT2D eigenvalue weighted by molar-refractivity contribution is 9.10. The molecular formula is C14H14BrN3O3. The van der Waals surface area contributed by atoms with E-state index >= 15 is 0 Å². The summed E-state index contributed by atoms with van der Waals surface area (Å²) in [5.74, 6) is -0.427. The molecule has 0 bridgehead atoms. The minimum atomic E-state index is -0.593. The summed E-state index contributed by atoms with van der Waals surface area (Å²) < 4.78 is 1.53. The monoisotopic (exact) mass is 351 g/mol. The first-order valence-corrected chi connectivity index (χ1v) is 7.30. The second kappa shape index (κ2) is 6.62. The smallest absolute Gasteiger partial charge is 0.358 e.